The van der Waals surface area contributed by atoms with Gasteiger partial charge in [0.15, 0.2) is 11.5 Å². The number of hydrogen-bond acceptors (Lipinski definition) is 3. The zero-order valence-electron chi connectivity index (χ0n) is 10.4. The lowest BCUT2D eigenvalue weighted by Crippen LogP contribution is -2.26. The molecule has 3 nitrogen and oxygen atoms in total. The first kappa shape index (κ1) is 10.3. The number of allylic oxidation sites excluding steroid dienone is 1. The molecular formula is C15H17NO2. The molecule has 0 saturated carbocycles. The Labute approximate surface area is 107 Å². The molecule has 1 fully saturated rings. The zero-order valence-corrected chi connectivity index (χ0v) is 10.4. The van der Waals surface area contributed by atoms with Crippen molar-refractivity contribution in [2.75, 3.05) is 19.9 Å². The number of ether oxygens (including phenoxy) is 2. The highest BCUT2D eigenvalue weighted by molar-refractivity contribution is 5.68. The molecule has 0 amide bonds. The maximum atomic E-state index is 5.47. The second-order valence-electron chi connectivity index (χ2n) is 5.30. The summed E-state index contributed by atoms with van der Waals surface area (Å²) in [6.45, 7) is 2.74. The fourth-order valence-corrected chi connectivity index (χ4v) is 3.19. The van der Waals surface area contributed by atoms with E-state index >= 15 is 0 Å². The molecule has 2 bridgehead atoms. The molecule has 3 heteroatoms. The Morgan fingerprint density at radius 3 is 3.00 bits per heavy atom. The topological polar surface area (TPSA) is 21.7 Å². The number of hydrogen-bond donors (Lipinski definition) is 0. The third kappa shape index (κ3) is 1.57. The molecule has 1 aromatic carbocycles. The molecule has 5 rings (SSSR count). The highest BCUT2D eigenvalue weighted by atomic mass is 16.7. The Kier molecular flexibility index (Phi) is 2.25. The molecule has 1 atom stereocenters. The fraction of sp³-hybridized carbons (Fsp3) is 0.467. The van der Waals surface area contributed by atoms with E-state index < -0.39 is 0 Å². The van der Waals surface area contributed by atoms with E-state index in [4.69, 9.17) is 9.47 Å². The molecule has 94 valence electrons. The summed E-state index contributed by atoms with van der Waals surface area (Å²) < 4.78 is 10.8. The van der Waals surface area contributed by atoms with E-state index in [9.17, 15) is 0 Å². The van der Waals surface area contributed by atoms with E-state index in [-0.39, 0.29) is 0 Å². The molecular weight excluding hydrogens is 226 g/mol. The largest absolute Gasteiger partial charge is 0.454 e. The molecule has 0 aliphatic carbocycles. The first-order valence-corrected chi connectivity index (χ1v) is 6.77. The van der Waals surface area contributed by atoms with Crippen molar-refractivity contribution in [1.82, 2.24) is 4.90 Å². The number of rotatable bonds is 1. The van der Waals surface area contributed by atoms with Gasteiger partial charge in [-0.15, -0.1) is 0 Å². The van der Waals surface area contributed by atoms with Crippen LogP contribution in [0.5, 0.6) is 11.5 Å². The predicted molar refractivity (Wildman–Crippen MR) is 69.5 cm³/mol. The lowest BCUT2D eigenvalue weighted by atomic mass is 9.95. The minimum atomic E-state index is 0.351. The Hall–Kier alpha value is -1.64. The molecule has 1 aromatic rings. The van der Waals surface area contributed by atoms with Crippen molar-refractivity contribution in [3.63, 3.8) is 0 Å². The summed E-state index contributed by atoms with van der Waals surface area (Å²) in [6, 6.07) is 6.30. The van der Waals surface area contributed by atoms with Gasteiger partial charge in [-0.25, -0.2) is 0 Å². The molecule has 4 heterocycles. The summed E-state index contributed by atoms with van der Waals surface area (Å²) >= 11 is 0. The van der Waals surface area contributed by atoms with Crippen LogP contribution in [0.3, 0.4) is 0 Å². The molecule has 18 heavy (non-hydrogen) atoms. The second-order valence-corrected chi connectivity index (χ2v) is 5.30. The van der Waals surface area contributed by atoms with Crippen LogP contribution >= 0.6 is 0 Å². The summed E-state index contributed by atoms with van der Waals surface area (Å²) in [5.41, 5.74) is 2.66. The third-order valence-electron chi connectivity index (χ3n) is 4.18. The quantitative estimate of drug-likeness (QED) is 0.757. The van der Waals surface area contributed by atoms with Crippen molar-refractivity contribution in [2.24, 2.45) is 5.92 Å². The van der Waals surface area contributed by atoms with Crippen molar-refractivity contribution in [2.45, 2.75) is 19.3 Å². The average molecular weight is 243 g/mol. The number of benzene rings is 1. The highest BCUT2D eigenvalue weighted by Crippen LogP contribution is 2.38. The molecule has 0 N–H and O–H groups in total. The van der Waals surface area contributed by atoms with Crippen LogP contribution in [0, 0.1) is 5.92 Å². The van der Waals surface area contributed by atoms with Gasteiger partial charge in [-0.05, 0) is 43.4 Å². The minimum absolute atomic E-state index is 0.351. The SMILES string of the molecule is C1=C(c2ccc3c(c2)OCO3)N2CCC[C@@H]1CC2. The molecule has 4 aliphatic rings. The lowest BCUT2D eigenvalue weighted by Gasteiger charge is -2.30. The van der Waals surface area contributed by atoms with Gasteiger partial charge in [0.2, 0.25) is 6.79 Å². The maximum absolute atomic E-state index is 5.47. The Morgan fingerprint density at radius 2 is 2.00 bits per heavy atom. The number of nitrogens with zero attached hydrogens (tertiary/aromatic N) is 1. The first-order valence-electron chi connectivity index (χ1n) is 6.77. The van der Waals surface area contributed by atoms with Crippen LogP contribution in [0.15, 0.2) is 24.3 Å². The van der Waals surface area contributed by atoms with E-state index in [2.05, 4.69) is 23.1 Å². The van der Waals surface area contributed by atoms with Gasteiger partial charge in [0.25, 0.3) is 0 Å². The van der Waals surface area contributed by atoms with Crippen molar-refractivity contribution >= 4 is 5.70 Å². The van der Waals surface area contributed by atoms with Crippen molar-refractivity contribution < 1.29 is 9.47 Å². The van der Waals surface area contributed by atoms with Crippen molar-refractivity contribution in [1.29, 1.82) is 0 Å². The van der Waals surface area contributed by atoms with Crippen molar-refractivity contribution in [3.8, 4) is 11.5 Å². The Morgan fingerprint density at radius 1 is 1.06 bits per heavy atom. The van der Waals surface area contributed by atoms with E-state index in [0.717, 1.165) is 17.4 Å². The summed E-state index contributed by atoms with van der Waals surface area (Å²) in [5, 5.41) is 0. The maximum Gasteiger partial charge on any atom is 0.231 e. The summed E-state index contributed by atoms with van der Waals surface area (Å²) in [4.78, 5) is 2.51. The normalized spacial score (nSPS) is 25.0. The average Bonchev–Trinajstić information content (AvgIpc) is 2.63. The molecule has 0 radical (unpaired) electrons. The Bertz CT molecular complexity index is 505. The third-order valence-corrected chi connectivity index (χ3v) is 4.18. The van der Waals surface area contributed by atoms with Crippen LogP contribution in [0.25, 0.3) is 5.70 Å². The second kappa shape index (κ2) is 3.94. The van der Waals surface area contributed by atoms with Crippen LogP contribution in [0.1, 0.15) is 24.8 Å². The standard InChI is InChI=1S/C15H17NO2/c1-2-11-5-7-16(6-1)13(8-11)12-3-4-14-15(9-12)18-10-17-14/h3-4,8-9,11H,1-2,5-7,10H2/t11-/m1/s1. The summed E-state index contributed by atoms with van der Waals surface area (Å²) in [7, 11) is 0. The van der Waals surface area contributed by atoms with Crippen LogP contribution in [0.4, 0.5) is 0 Å². The van der Waals surface area contributed by atoms with E-state index in [1.165, 1.54) is 43.6 Å². The fourth-order valence-electron chi connectivity index (χ4n) is 3.19. The summed E-state index contributed by atoms with van der Waals surface area (Å²) in [5.74, 6) is 2.52. The van der Waals surface area contributed by atoms with Gasteiger partial charge in [0.1, 0.15) is 0 Å². The van der Waals surface area contributed by atoms with E-state index in [1.807, 2.05) is 6.07 Å². The summed E-state index contributed by atoms with van der Waals surface area (Å²) in [6.07, 6.45) is 6.42. The van der Waals surface area contributed by atoms with Crippen LogP contribution < -0.4 is 9.47 Å². The van der Waals surface area contributed by atoms with Gasteiger partial charge in [0, 0.05) is 24.4 Å². The van der Waals surface area contributed by atoms with E-state index in [0.29, 0.717) is 6.79 Å². The Balaban J connectivity index is 1.74. The van der Waals surface area contributed by atoms with Crippen molar-refractivity contribution in [3.05, 3.63) is 29.8 Å². The van der Waals surface area contributed by atoms with Crippen LogP contribution in [-0.2, 0) is 0 Å². The van der Waals surface area contributed by atoms with Gasteiger partial charge in [-0.2, -0.15) is 0 Å². The molecule has 0 spiro atoms. The van der Waals surface area contributed by atoms with Gasteiger partial charge < -0.3 is 14.4 Å². The zero-order chi connectivity index (χ0) is 11.9. The lowest BCUT2D eigenvalue weighted by molar-refractivity contribution is 0.174. The number of fused-ring (bicyclic) bond motifs is 4. The molecule has 0 unspecified atom stereocenters. The van der Waals surface area contributed by atoms with E-state index in [1.54, 1.807) is 0 Å². The van der Waals surface area contributed by atoms with Gasteiger partial charge >= 0.3 is 0 Å². The molecule has 1 saturated heterocycles. The highest BCUT2D eigenvalue weighted by Gasteiger charge is 2.25. The van der Waals surface area contributed by atoms with Crippen LogP contribution in [-0.4, -0.2) is 24.8 Å². The first-order chi connectivity index (χ1) is 8.90. The molecule has 0 aromatic heterocycles. The van der Waals surface area contributed by atoms with Crippen LogP contribution in [0.2, 0.25) is 0 Å². The monoisotopic (exact) mass is 243 g/mol. The van der Waals surface area contributed by atoms with Gasteiger partial charge in [0.05, 0.1) is 0 Å². The molecule has 4 aliphatic heterocycles. The van der Waals surface area contributed by atoms with Gasteiger partial charge in [-0.1, -0.05) is 6.08 Å². The smallest absolute Gasteiger partial charge is 0.231 e. The van der Waals surface area contributed by atoms with Gasteiger partial charge in [-0.3, -0.25) is 0 Å². The minimum Gasteiger partial charge on any atom is -0.454 e. The predicted octanol–water partition coefficient (Wildman–Crippen LogP) is 2.87.